The second-order valence-corrected chi connectivity index (χ2v) is 6.53. The molecule has 144 valence electrons. The van der Waals surface area contributed by atoms with Crippen molar-refractivity contribution < 1.29 is 9.53 Å². The van der Waals surface area contributed by atoms with E-state index in [1.165, 1.54) is 17.5 Å². The molecule has 0 radical (unpaired) electrons. The van der Waals surface area contributed by atoms with Crippen LogP contribution in [0.2, 0.25) is 0 Å². The van der Waals surface area contributed by atoms with Crippen LogP contribution in [0.25, 0.3) is 0 Å². The van der Waals surface area contributed by atoms with Gasteiger partial charge in [0.25, 0.3) is 5.91 Å². The number of hydrogen-bond donors (Lipinski definition) is 2. The molecule has 2 N–H and O–H groups in total. The summed E-state index contributed by atoms with van der Waals surface area (Å²) in [5, 5.41) is 6.11. The third kappa shape index (κ3) is 4.85. The summed E-state index contributed by atoms with van der Waals surface area (Å²) in [5.41, 5.74) is 4.70. The van der Waals surface area contributed by atoms with Crippen molar-refractivity contribution in [3.05, 3.63) is 77.2 Å². The number of nitrogens with one attached hydrogen (secondary N) is 2. The maximum atomic E-state index is 12.4. The first-order chi connectivity index (χ1) is 13.6. The molecule has 0 saturated carbocycles. The number of amides is 1. The minimum atomic E-state index is -0.236. The van der Waals surface area contributed by atoms with Crippen LogP contribution in [-0.4, -0.2) is 29.5 Å². The van der Waals surface area contributed by atoms with E-state index in [4.69, 9.17) is 4.74 Å². The zero-order valence-corrected chi connectivity index (χ0v) is 16.3. The number of methoxy groups -OCH3 is 1. The highest BCUT2D eigenvalue weighted by Gasteiger charge is 2.10. The standard InChI is InChI=1S/C22H24N4O2/c1-15-8-9-18(12-16(15)2)26-21-13-19(24-14-25-21)22(27)23-11-10-17-6-4-5-7-20(17)28-3/h4-9,12-14H,10-11H2,1-3H3,(H,23,27)(H,24,25,26). The number of carbonyl (C=O) groups is 1. The van der Waals surface area contributed by atoms with Crippen molar-refractivity contribution in [2.45, 2.75) is 20.3 Å². The van der Waals surface area contributed by atoms with Crippen LogP contribution in [0.5, 0.6) is 5.75 Å². The average molecular weight is 376 g/mol. The van der Waals surface area contributed by atoms with Crippen LogP contribution in [0, 0.1) is 13.8 Å². The number of para-hydroxylation sites is 1. The Morgan fingerprint density at radius 3 is 2.64 bits per heavy atom. The van der Waals surface area contributed by atoms with Gasteiger partial charge in [-0.15, -0.1) is 0 Å². The summed E-state index contributed by atoms with van der Waals surface area (Å²) in [6.07, 6.45) is 2.06. The summed E-state index contributed by atoms with van der Waals surface area (Å²) in [7, 11) is 1.64. The van der Waals surface area contributed by atoms with Gasteiger partial charge in [-0.25, -0.2) is 9.97 Å². The Morgan fingerprint density at radius 1 is 1.04 bits per heavy atom. The van der Waals surface area contributed by atoms with E-state index in [1.54, 1.807) is 13.2 Å². The van der Waals surface area contributed by atoms with Crippen LogP contribution in [0.4, 0.5) is 11.5 Å². The van der Waals surface area contributed by atoms with E-state index in [2.05, 4.69) is 34.4 Å². The predicted octanol–water partition coefficient (Wildman–Crippen LogP) is 3.82. The monoisotopic (exact) mass is 376 g/mol. The molecule has 0 atom stereocenters. The van der Waals surface area contributed by atoms with E-state index in [0.29, 0.717) is 24.5 Å². The molecule has 2 aromatic carbocycles. The Morgan fingerprint density at radius 2 is 1.86 bits per heavy atom. The zero-order valence-electron chi connectivity index (χ0n) is 16.3. The average Bonchev–Trinajstić information content (AvgIpc) is 2.71. The summed E-state index contributed by atoms with van der Waals surface area (Å²) in [6.45, 7) is 4.61. The Hall–Kier alpha value is -3.41. The number of anilines is 2. The Labute approximate surface area is 165 Å². The van der Waals surface area contributed by atoms with Crippen molar-refractivity contribution in [3.63, 3.8) is 0 Å². The van der Waals surface area contributed by atoms with Gasteiger partial charge in [0.1, 0.15) is 23.6 Å². The van der Waals surface area contributed by atoms with Crippen LogP contribution in [0.1, 0.15) is 27.2 Å². The maximum absolute atomic E-state index is 12.4. The molecule has 6 nitrogen and oxygen atoms in total. The first kappa shape index (κ1) is 19.4. The lowest BCUT2D eigenvalue weighted by atomic mass is 10.1. The topological polar surface area (TPSA) is 76.1 Å². The van der Waals surface area contributed by atoms with Crippen LogP contribution in [-0.2, 0) is 6.42 Å². The number of benzene rings is 2. The van der Waals surface area contributed by atoms with Crippen LogP contribution < -0.4 is 15.4 Å². The fourth-order valence-corrected chi connectivity index (χ4v) is 2.83. The molecule has 0 aliphatic heterocycles. The number of rotatable bonds is 7. The number of ether oxygens (including phenoxy) is 1. The molecule has 1 amide bonds. The highest BCUT2D eigenvalue weighted by Crippen LogP contribution is 2.19. The molecule has 6 heteroatoms. The molecule has 3 aromatic rings. The van der Waals surface area contributed by atoms with Crippen LogP contribution in [0.15, 0.2) is 54.9 Å². The highest BCUT2D eigenvalue weighted by atomic mass is 16.5. The quantitative estimate of drug-likeness (QED) is 0.656. The largest absolute Gasteiger partial charge is 0.496 e. The Balaban J connectivity index is 1.61. The van der Waals surface area contributed by atoms with Gasteiger partial charge in [-0.05, 0) is 55.2 Å². The molecule has 0 saturated heterocycles. The summed E-state index contributed by atoms with van der Waals surface area (Å²) in [6, 6.07) is 15.5. The van der Waals surface area contributed by atoms with E-state index in [9.17, 15) is 4.79 Å². The Bertz CT molecular complexity index is 972. The van der Waals surface area contributed by atoms with Gasteiger partial charge >= 0.3 is 0 Å². The summed E-state index contributed by atoms with van der Waals surface area (Å²) < 4.78 is 5.33. The lowest BCUT2D eigenvalue weighted by Crippen LogP contribution is -2.26. The highest BCUT2D eigenvalue weighted by molar-refractivity contribution is 5.93. The smallest absolute Gasteiger partial charge is 0.270 e. The number of aryl methyl sites for hydroxylation is 2. The van der Waals surface area contributed by atoms with E-state index < -0.39 is 0 Å². The van der Waals surface area contributed by atoms with E-state index in [-0.39, 0.29) is 5.91 Å². The molecule has 0 fully saturated rings. The molecular formula is C22H24N4O2. The lowest BCUT2D eigenvalue weighted by molar-refractivity contribution is 0.0949. The van der Waals surface area contributed by atoms with Gasteiger partial charge in [-0.3, -0.25) is 4.79 Å². The number of nitrogens with zero attached hydrogens (tertiary/aromatic N) is 2. The van der Waals surface area contributed by atoms with Gasteiger partial charge in [0, 0.05) is 18.3 Å². The molecule has 28 heavy (non-hydrogen) atoms. The number of aromatic nitrogens is 2. The minimum Gasteiger partial charge on any atom is -0.496 e. The summed E-state index contributed by atoms with van der Waals surface area (Å²) in [5.74, 6) is 1.16. The summed E-state index contributed by atoms with van der Waals surface area (Å²) in [4.78, 5) is 20.7. The van der Waals surface area contributed by atoms with E-state index >= 15 is 0 Å². The van der Waals surface area contributed by atoms with Crippen molar-refractivity contribution in [1.82, 2.24) is 15.3 Å². The Kier molecular flexibility index (Phi) is 6.22. The van der Waals surface area contributed by atoms with Crippen LogP contribution >= 0.6 is 0 Å². The SMILES string of the molecule is COc1ccccc1CCNC(=O)c1cc(Nc2ccc(C)c(C)c2)ncn1. The molecular weight excluding hydrogens is 352 g/mol. The predicted molar refractivity (Wildman–Crippen MR) is 110 cm³/mol. The molecule has 1 aromatic heterocycles. The van der Waals surface area contributed by atoms with Crippen molar-refractivity contribution >= 4 is 17.4 Å². The molecule has 1 heterocycles. The van der Waals surface area contributed by atoms with Crippen molar-refractivity contribution in [3.8, 4) is 5.75 Å². The molecule has 0 unspecified atom stereocenters. The van der Waals surface area contributed by atoms with Crippen molar-refractivity contribution in [1.29, 1.82) is 0 Å². The first-order valence-corrected chi connectivity index (χ1v) is 9.13. The molecule has 0 bridgehead atoms. The zero-order chi connectivity index (χ0) is 19.9. The first-order valence-electron chi connectivity index (χ1n) is 9.13. The van der Waals surface area contributed by atoms with Gasteiger partial charge in [0.15, 0.2) is 0 Å². The van der Waals surface area contributed by atoms with Crippen LogP contribution in [0.3, 0.4) is 0 Å². The number of carbonyl (C=O) groups excluding carboxylic acids is 1. The van der Waals surface area contributed by atoms with E-state index in [0.717, 1.165) is 17.0 Å². The molecule has 3 rings (SSSR count). The fraction of sp³-hybridized carbons (Fsp3) is 0.227. The third-order valence-corrected chi connectivity index (χ3v) is 4.55. The maximum Gasteiger partial charge on any atom is 0.270 e. The minimum absolute atomic E-state index is 0.236. The second kappa shape index (κ2) is 8.99. The van der Waals surface area contributed by atoms with Crippen molar-refractivity contribution in [2.24, 2.45) is 0 Å². The van der Waals surface area contributed by atoms with Gasteiger partial charge < -0.3 is 15.4 Å². The van der Waals surface area contributed by atoms with Gasteiger partial charge in [0.2, 0.25) is 0 Å². The molecule has 0 aliphatic carbocycles. The van der Waals surface area contributed by atoms with Gasteiger partial charge in [-0.2, -0.15) is 0 Å². The second-order valence-electron chi connectivity index (χ2n) is 6.53. The molecule has 0 spiro atoms. The summed E-state index contributed by atoms with van der Waals surface area (Å²) >= 11 is 0. The van der Waals surface area contributed by atoms with E-state index in [1.807, 2.05) is 42.5 Å². The fourth-order valence-electron chi connectivity index (χ4n) is 2.83. The molecule has 0 aliphatic rings. The van der Waals surface area contributed by atoms with Gasteiger partial charge in [-0.1, -0.05) is 24.3 Å². The third-order valence-electron chi connectivity index (χ3n) is 4.55. The van der Waals surface area contributed by atoms with Gasteiger partial charge in [0.05, 0.1) is 7.11 Å². The lowest BCUT2D eigenvalue weighted by Gasteiger charge is -2.10. The van der Waals surface area contributed by atoms with Crippen molar-refractivity contribution in [2.75, 3.05) is 19.0 Å². The number of hydrogen-bond acceptors (Lipinski definition) is 5. The normalized spacial score (nSPS) is 10.4.